The van der Waals surface area contributed by atoms with Gasteiger partial charge >= 0.3 is 12.0 Å². The van der Waals surface area contributed by atoms with E-state index in [1.165, 1.54) is 26.0 Å². The van der Waals surface area contributed by atoms with Crippen molar-refractivity contribution >= 4 is 29.2 Å². The summed E-state index contributed by atoms with van der Waals surface area (Å²) >= 11 is 5.88. The lowest BCUT2D eigenvalue weighted by atomic mass is 9.86. The zero-order chi connectivity index (χ0) is 22.5. The van der Waals surface area contributed by atoms with Gasteiger partial charge in [0.05, 0.1) is 5.41 Å². The maximum Gasteiger partial charge on any atom is 0.411 e. The van der Waals surface area contributed by atoms with Crippen LogP contribution < -0.4 is 10.1 Å². The van der Waals surface area contributed by atoms with Crippen LogP contribution in [0.15, 0.2) is 67.3 Å². The van der Waals surface area contributed by atoms with Gasteiger partial charge in [0.15, 0.2) is 0 Å². The number of para-hydroxylation sites is 1. The molecule has 0 aliphatic rings. The molecule has 2 N–H and O–H groups in total. The molecule has 1 amide bonds. The number of halogens is 1. The van der Waals surface area contributed by atoms with E-state index in [0.717, 1.165) is 17.3 Å². The molecule has 1 aromatic heterocycles. The molecule has 0 bridgehead atoms. The fourth-order valence-corrected chi connectivity index (χ4v) is 2.78. The first-order valence-corrected chi connectivity index (χ1v) is 9.64. The first kappa shape index (κ1) is 22.3. The van der Waals surface area contributed by atoms with Crippen LogP contribution in [0.5, 0.6) is 5.75 Å². The second-order valence-electron chi connectivity index (χ2n) is 7.28. The maximum atomic E-state index is 13.3. The highest BCUT2D eigenvalue weighted by molar-refractivity contribution is 6.30. The second-order valence-corrected chi connectivity index (χ2v) is 7.72. The zero-order valence-corrected chi connectivity index (χ0v) is 17.6. The minimum absolute atomic E-state index is 0.175. The third-order valence-electron chi connectivity index (χ3n) is 4.30. The lowest BCUT2D eigenvalue weighted by molar-refractivity contribution is -0.221. The van der Waals surface area contributed by atoms with E-state index in [9.17, 15) is 14.7 Å². The number of amides is 1. The van der Waals surface area contributed by atoms with Gasteiger partial charge in [0.2, 0.25) is 5.78 Å². The van der Waals surface area contributed by atoms with E-state index < -0.39 is 23.2 Å². The highest BCUT2D eigenvalue weighted by Gasteiger charge is 2.50. The number of hydrogen-bond donors (Lipinski definition) is 2. The standard InChI is InChI=1S/C21H21ClN4O5/c1-20(2,12-30-19(28)25-16-6-4-3-5-7-16)18(27)21(29,26-14-23-13-24-26)31-17-10-8-15(22)9-11-17/h3-11,13-14,29H,12H2,1-2H3,(H,25,28). The lowest BCUT2D eigenvalue weighted by Gasteiger charge is -2.33. The number of aromatic nitrogens is 3. The Kier molecular flexibility index (Phi) is 6.57. The Morgan fingerprint density at radius 2 is 1.81 bits per heavy atom. The fraction of sp³-hybridized carbons (Fsp3) is 0.238. The van der Waals surface area contributed by atoms with Crippen LogP contribution >= 0.6 is 11.6 Å². The Bertz CT molecular complexity index is 1030. The molecule has 3 rings (SSSR count). The van der Waals surface area contributed by atoms with Gasteiger partial charge < -0.3 is 14.6 Å². The lowest BCUT2D eigenvalue weighted by Crippen LogP contribution is -2.54. The van der Waals surface area contributed by atoms with Crippen molar-refractivity contribution in [2.24, 2.45) is 5.41 Å². The molecular weight excluding hydrogens is 424 g/mol. The number of benzene rings is 2. The van der Waals surface area contributed by atoms with Crippen molar-refractivity contribution in [3.05, 3.63) is 72.3 Å². The molecule has 10 heteroatoms. The molecule has 0 fully saturated rings. The van der Waals surface area contributed by atoms with Crippen molar-refractivity contribution in [3.8, 4) is 5.75 Å². The van der Waals surface area contributed by atoms with Crippen LogP contribution in [0.25, 0.3) is 0 Å². The van der Waals surface area contributed by atoms with Crippen molar-refractivity contribution in [1.29, 1.82) is 0 Å². The van der Waals surface area contributed by atoms with Crippen molar-refractivity contribution in [1.82, 2.24) is 14.8 Å². The summed E-state index contributed by atoms with van der Waals surface area (Å²) in [5.74, 6) is -3.16. The Morgan fingerprint density at radius 1 is 1.13 bits per heavy atom. The summed E-state index contributed by atoms with van der Waals surface area (Å²) in [5.41, 5.74) is -0.803. The van der Waals surface area contributed by atoms with Gasteiger partial charge in [0.1, 0.15) is 25.0 Å². The van der Waals surface area contributed by atoms with E-state index in [4.69, 9.17) is 21.1 Å². The van der Waals surface area contributed by atoms with E-state index in [0.29, 0.717) is 10.7 Å². The maximum absolute atomic E-state index is 13.3. The Balaban J connectivity index is 1.76. The Hall–Kier alpha value is -3.43. The quantitative estimate of drug-likeness (QED) is 0.511. The zero-order valence-electron chi connectivity index (χ0n) is 16.9. The summed E-state index contributed by atoms with van der Waals surface area (Å²) in [4.78, 5) is 29.2. The van der Waals surface area contributed by atoms with E-state index in [1.807, 2.05) is 6.07 Å². The molecule has 2 aromatic carbocycles. The number of nitrogens with one attached hydrogen (secondary N) is 1. The molecule has 1 heterocycles. The number of ketones is 1. The molecule has 162 valence electrons. The van der Waals surface area contributed by atoms with Crippen molar-refractivity contribution in [2.45, 2.75) is 19.8 Å². The predicted molar refractivity (Wildman–Crippen MR) is 112 cm³/mol. The molecular formula is C21H21ClN4O5. The smallest absolute Gasteiger partial charge is 0.411 e. The van der Waals surface area contributed by atoms with Crippen LogP contribution in [0, 0.1) is 5.41 Å². The number of Topliss-reactive ketones (excluding diaryl/α,β-unsaturated/α-hetero) is 1. The number of anilines is 1. The largest absolute Gasteiger partial charge is 0.448 e. The summed E-state index contributed by atoms with van der Waals surface area (Å²) < 4.78 is 11.7. The number of carbonyl (C=O) groups is 2. The van der Waals surface area contributed by atoms with Gasteiger partial charge in [-0.15, -0.1) is 0 Å². The van der Waals surface area contributed by atoms with Crippen LogP contribution in [0.3, 0.4) is 0 Å². The average molecular weight is 445 g/mol. The summed E-state index contributed by atoms with van der Waals surface area (Å²) in [6.07, 6.45) is 1.56. The monoisotopic (exact) mass is 444 g/mol. The van der Waals surface area contributed by atoms with Gasteiger partial charge in [-0.05, 0) is 50.2 Å². The number of nitrogens with zero attached hydrogens (tertiary/aromatic N) is 3. The fourth-order valence-electron chi connectivity index (χ4n) is 2.66. The van der Waals surface area contributed by atoms with Gasteiger partial charge in [0, 0.05) is 10.7 Å². The van der Waals surface area contributed by atoms with Gasteiger partial charge in [-0.2, -0.15) is 9.78 Å². The van der Waals surface area contributed by atoms with E-state index >= 15 is 0 Å². The molecule has 1 atom stereocenters. The normalized spacial score (nSPS) is 13.2. The number of carbonyl (C=O) groups excluding carboxylic acids is 2. The number of hydrogen-bond acceptors (Lipinski definition) is 7. The summed E-state index contributed by atoms with van der Waals surface area (Å²) in [5, 5.41) is 18.1. The number of rotatable bonds is 8. The van der Waals surface area contributed by atoms with Crippen molar-refractivity contribution in [2.75, 3.05) is 11.9 Å². The number of aliphatic hydroxyl groups is 1. The van der Waals surface area contributed by atoms with E-state index in [1.54, 1.807) is 36.4 Å². The molecule has 3 aromatic rings. The van der Waals surface area contributed by atoms with Gasteiger partial charge in [-0.25, -0.2) is 9.78 Å². The highest BCUT2D eigenvalue weighted by Crippen LogP contribution is 2.31. The van der Waals surface area contributed by atoms with Crippen LogP contribution in [0.1, 0.15) is 13.8 Å². The van der Waals surface area contributed by atoms with E-state index in [-0.39, 0.29) is 12.4 Å². The van der Waals surface area contributed by atoms with Crippen molar-refractivity contribution in [3.63, 3.8) is 0 Å². The minimum Gasteiger partial charge on any atom is -0.448 e. The first-order chi connectivity index (χ1) is 14.7. The van der Waals surface area contributed by atoms with Gasteiger partial charge in [-0.1, -0.05) is 29.8 Å². The predicted octanol–water partition coefficient (Wildman–Crippen LogP) is 3.46. The summed E-state index contributed by atoms with van der Waals surface area (Å²) in [7, 11) is 0. The summed E-state index contributed by atoms with van der Waals surface area (Å²) in [6, 6.07) is 14.8. The molecule has 0 spiro atoms. The third kappa shape index (κ3) is 5.39. The second kappa shape index (κ2) is 9.15. The Morgan fingerprint density at radius 3 is 2.42 bits per heavy atom. The van der Waals surface area contributed by atoms with Crippen molar-refractivity contribution < 1.29 is 24.2 Å². The molecule has 0 saturated heterocycles. The van der Waals surface area contributed by atoms with Crippen LogP contribution in [-0.2, 0) is 15.4 Å². The molecule has 0 radical (unpaired) electrons. The average Bonchev–Trinajstić information content (AvgIpc) is 3.30. The molecule has 0 aliphatic heterocycles. The molecule has 31 heavy (non-hydrogen) atoms. The highest BCUT2D eigenvalue weighted by atomic mass is 35.5. The third-order valence-corrected chi connectivity index (χ3v) is 4.55. The number of ether oxygens (including phenoxy) is 2. The SMILES string of the molecule is CC(C)(COC(=O)Nc1ccccc1)C(=O)C(O)(Oc1ccc(Cl)cc1)n1cncn1. The topological polar surface area (TPSA) is 116 Å². The molecule has 9 nitrogen and oxygen atoms in total. The van der Waals surface area contributed by atoms with E-state index in [2.05, 4.69) is 15.4 Å². The van der Waals surface area contributed by atoms with Crippen LogP contribution in [-0.4, -0.2) is 38.4 Å². The first-order valence-electron chi connectivity index (χ1n) is 9.26. The van der Waals surface area contributed by atoms with Crippen LogP contribution in [0.4, 0.5) is 10.5 Å². The summed E-state index contributed by atoms with van der Waals surface area (Å²) in [6.45, 7) is 2.70. The van der Waals surface area contributed by atoms with Gasteiger partial charge in [0.25, 0.3) is 0 Å². The molecule has 1 unspecified atom stereocenters. The van der Waals surface area contributed by atoms with Crippen LogP contribution in [0.2, 0.25) is 5.02 Å². The minimum atomic E-state index is -2.53. The Labute approximate surface area is 183 Å². The molecule has 0 aliphatic carbocycles. The molecule has 0 saturated carbocycles. The van der Waals surface area contributed by atoms with Gasteiger partial charge in [-0.3, -0.25) is 10.1 Å².